The van der Waals surface area contributed by atoms with Crippen LogP contribution in [-0.2, 0) is 20.1 Å². The van der Waals surface area contributed by atoms with Crippen LogP contribution in [0, 0.1) is 22.7 Å². The quantitative estimate of drug-likeness (QED) is 0.315. The number of ketones is 1. The minimum Gasteiger partial charge on any atom is -0.459 e. The minimum absolute atomic E-state index is 0.0798. The molecule has 35 heavy (non-hydrogen) atoms. The summed E-state index contributed by atoms with van der Waals surface area (Å²) < 4.78 is 23.6. The van der Waals surface area contributed by atoms with E-state index in [-0.39, 0.29) is 27.1 Å². The number of benzene rings is 1. The third kappa shape index (κ3) is 3.60. The number of halogens is 1. The molecule has 4 aliphatic carbocycles. The monoisotopic (exact) mass is 514 g/mol. The highest BCUT2D eigenvalue weighted by molar-refractivity contribution is 8.17. The summed E-state index contributed by atoms with van der Waals surface area (Å²) in [5.41, 5.74) is -0.715. The lowest BCUT2D eigenvalue weighted by atomic mass is 9.46. The Balaban J connectivity index is 1.56. The molecule has 1 aromatic rings. The number of carbonyl (C=O) groups is 2. The smallest absolute Gasteiger partial charge is 0.303 e. The lowest BCUT2D eigenvalue weighted by molar-refractivity contribution is -0.209. The molecule has 0 amide bonds. The normalized spacial score (nSPS) is 42.0. The lowest BCUT2D eigenvalue weighted by Crippen LogP contribution is -2.68. The summed E-state index contributed by atoms with van der Waals surface area (Å²) in [5, 5.41) is 0. The Hall–Kier alpha value is -1.53. The van der Waals surface area contributed by atoms with E-state index in [9.17, 15) is 9.59 Å². The molecule has 3 nitrogen and oxygen atoms in total. The molecule has 7 atom stereocenters. The van der Waals surface area contributed by atoms with Crippen LogP contribution in [-0.4, -0.2) is 33.9 Å². The summed E-state index contributed by atoms with van der Waals surface area (Å²) in [7, 11) is 0. The Labute approximate surface area is 216 Å². The molecule has 3 fully saturated rings. The summed E-state index contributed by atoms with van der Waals surface area (Å²) in [4.78, 5) is 24.5. The molecule has 0 N–H and O–H groups in total. The molecule has 0 unspecified atom stereocenters. The van der Waals surface area contributed by atoms with Gasteiger partial charge in [0.25, 0.3) is 0 Å². The first-order valence-corrected chi connectivity index (χ1v) is 14.8. The van der Waals surface area contributed by atoms with E-state index in [1.165, 1.54) is 18.6 Å². The van der Waals surface area contributed by atoms with Gasteiger partial charge in [-0.3, -0.25) is 9.59 Å². The number of esters is 1. The van der Waals surface area contributed by atoms with E-state index < -0.39 is 23.2 Å². The highest BCUT2D eigenvalue weighted by Crippen LogP contribution is 2.74. The Kier molecular flexibility index (Phi) is 6.32. The molecule has 3 saturated carbocycles. The molecule has 0 aliphatic heterocycles. The van der Waals surface area contributed by atoms with E-state index in [1.807, 2.05) is 36.5 Å². The van der Waals surface area contributed by atoms with Crippen molar-refractivity contribution in [3.63, 3.8) is 0 Å². The van der Waals surface area contributed by atoms with E-state index in [0.29, 0.717) is 19.3 Å². The van der Waals surface area contributed by atoms with E-state index in [4.69, 9.17) is 4.74 Å². The number of ether oxygens (including phenoxy) is 1. The zero-order valence-electron chi connectivity index (χ0n) is 21.0. The third-order valence-corrected chi connectivity index (χ3v) is 13.4. The number of hydrogen-bond donors (Lipinski definition) is 0. The SMILES string of the molecule is CS[C@]1(SCc2ccccc2)CC[C@H]2[C@@H]3CCC4=CC(=O)C=C[C@]4(C)[C@@]3(F)[C@@H](OC(C)=O)C[C@@]21C. The van der Waals surface area contributed by atoms with Crippen molar-refractivity contribution in [3.8, 4) is 0 Å². The van der Waals surface area contributed by atoms with Gasteiger partial charge in [0.05, 0.1) is 4.08 Å². The maximum atomic E-state index is 17.8. The van der Waals surface area contributed by atoms with Crippen molar-refractivity contribution in [1.82, 2.24) is 0 Å². The second-order valence-corrected chi connectivity index (χ2v) is 13.8. The minimum atomic E-state index is -1.73. The fourth-order valence-electron chi connectivity index (χ4n) is 7.86. The first kappa shape index (κ1) is 25.1. The standard InChI is InChI=1S/C29H35FO3S2/c1-19(31)33-25-17-27(3)23(13-15-28(27,34-4)35-18-20-8-6-5-7-9-20)24-11-10-21-16-22(32)12-14-26(21,2)29(24,25)30/h5-9,12,14,16,23-25H,10-11,13,15,17-18H2,1-4H3/t23-,24-,25-,26-,27-,28-,29-/m0/s1. The molecule has 0 spiro atoms. The number of hydrogen-bond acceptors (Lipinski definition) is 5. The van der Waals surface area contributed by atoms with Crippen LogP contribution in [0.5, 0.6) is 0 Å². The van der Waals surface area contributed by atoms with Gasteiger partial charge in [0.2, 0.25) is 0 Å². The second kappa shape index (κ2) is 8.79. The van der Waals surface area contributed by atoms with Gasteiger partial charge in [-0.05, 0) is 74.3 Å². The molecule has 0 saturated heterocycles. The van der Waals surface area contributed by atoms with Gasteiger partial charge in [-0.25, -0.2) is 4.39 Å². The van der Waals surface area contributed by atoms with Gasteiger partial charge >= 0.3 is 5.97 Å². The number of alkyl halides is 1. The average molecular weight is 515 g/mol. The fourth-order valence-corrected chi connectivity index (χ4v) is 10.9. The van der Waals surface area contributed by atoms with Gasteiger partial charge in [-0.1, -0.05) is 48.9 Å². The summed E-state index contributed by atoms with van der Waals surface area (Å²) in [6, 6.07) is 10.5. The maximum absolute atomic E-state index is 17.8. The number of rotatable bonds is 5. The molecule has 5 rings (SSSR count). The molecule has 4 aliphatic rings. The van der Waals surface area contributed by atoms with Gasteiger partial charge in [0.1, 0.15) is 6.10 Å². The van der Waals surface area contributed by atoms with E-state index >= 15 is 4.39 Å². The summed E-state index contributed by atoms with van der Waals surface area (Å²) >= 11 is 3.88. The van der Waals surface area contributed by atoms with Crippen LogP contribution in [0.15, 0.2) is 54.1 Å². The average Bonchev–Trinajstić information content (AvgIpc) is 3.11. The Bertz CT molecular complexity index is 1090. The zero-order valence-corrected chi connectivity index (χ0v) is 22.6. The van der Waals surface area contributed by atoms with Crippen LogP contribution in [0.3, 0.4) is 0 Å². The summed E-state index contributed by atoms with van der Waals surface area (Å²) in [6.45, 7) is 5.62. The number of allylic oxidation sites excluding steroid dienone is 4. The predicted octanol–water partition coefficient (Wildman–Crippen LogP) is 6.92. The summed E-state index contributed by atoms with van der Waals surface area (Å²) in [5.74, 6) is 0.358. The largest absolute Gasteiger partial charge is 0.459 e. The van der Waals surface area contributed by atoms with Crippen LogP contribution in [0.25, 0.3) is 0 Å². The molecule has 0 heterocycles. The van der Waals surface area contributed by atoms with Crippen LogP contribution < -0.4 is 0 Å². The van der Waals surface area contributed by atoms with Crippen molar-refractivity contribution >= 4 is 35.3 Å². The molecule has 0 bridgehead atoms. The molecule has 188 valence electrons. The van der Waals surface area contributed by atoms with Crippen LogP contribution in [0.4, 0.5) is 4.39 Å². The van der Waals surface area contributed by atoms with E-state index in [2.05, 4.69) is 37.4 Å². The van der Waals surface area contributed by atoms with Gasteiger partial charge in [-0.2, -0.15) is 0 Å². The maximum Gasteiger partial charge on any atom is 0.303 e. The van der Waals surface area contributed by atoms with Gasteiger partial charge in [0, 0.05) is 24.0 Å². The van der Waals surface area contributed by atoms with Crippen molar-refractivity contribution in [1.29, 1.82) is 0 Å². The molecular formula is C29H35FO3S2. The van der Waals surface area contributed by atoms with Crippen molar-refractivity contribution in [3.05, 3.63) is 59.7 Å². The number of fused-ring (bicyclic) bond motifs is 5. The van der Waals surface area contributed by atoms with Crippen LogP contribution in [0.1, 0.15) is 58.4 Å². The highest BCUT2D eigenvalue weighted by atomic mass is 32.2. The van der Waals surface area contributed by atoms with E-state index in [0.717, 1.165) is 24.2 Å². The van der Waals surface area contributed by atoms with Crippen molar-refractivity contribution in [2.45, 2.75) is 74.5 Å². The Morgan fingerprint density at radius 1 is 1.17 bits per heavy atom. The van der Waals surface area contributed by atoms with Crippen LogP contribution >= 0.6 is 23.5 Å². The first-order valence-electron chi connectivity index (χ1n) is 12.6. The highest BCUT2D eigenvalue weighted by Gasteiger charge is 2.74. The van der Waals surface area contributed by atoms with Crippen molar-refractivity contribution < 1.29 is 18.7 Å². The Morgan fingerprint density at radius 2 is 1.91 bits per heavy atom. The molecule has 0 radical (unpaired) electrons. The van der Waals surface area contributed by atoms with Gasteiger partial charge in [-0.15, -0.1) is 23.5 Å². The van der Waals surface area contributed by atoms with Gasteiger partial charge in [0.15, 0.2) is 11.5 Å². The van der Waals surface area contributed by atoms with E-state index in [1.54, 1.807) is 12.2 Å². The fraction of sp³-hybridized carbons (Fsp3) is 0.586. The summed E-state index contributed by atoms with van der Waals surface area (Å²) in [6.07, 6.45) is 10.1. The van der Waals surface area contributed by atoms with Crippen molar-refractivity contribution in [2.24, 2.45) is 22.7 Å². The molecular weight excluding hydrogens is 479 g/mol. The lowest BCUT2D eigenvalue weighted by Gasteiger charge is -2.63. The van der Waals surface area contributed by atoms with Crippen molar-refractivity contribution in [2.75, 3.05) is 6.26 Å². The third-order valence-electron chi connectivity index (χ3n) is 9.61. The Morgan fingerprint density at radius 3 is 2.60 bits per heavy atom. The first-order chi connectivity index (χ1) is 16.6. The number of carbonyl (C=O) groups excluding carboxylic acids is 2. The number of thioether (sulfide) groups is 2. The molecule has 0 aromatic heterocycles. The zero-order chi connectivity index (χ0) is 25.1. The second-order valence-electron chi connectivity index (χ2n) is 11.1. The molecule has 6 heteroatoms. The topological polar surface area (TPSA) is 43.4 Å². The predicted molar refractivity (Wildman–Crippen MR) is 142 cm³/mol. The van der Waals surface area contributed by atoms with Gasteiger partial charge < -0.3 is 4.74 Å². The molecule has 1 aromatic carbocycles. The van der Waals surface area contributed by atoms with Crippen LogP contribution in [0.2, 0.25) is 0 Å².